The molecule has 0 aromatic rings. The van der Waals surface area contributed by atoms with Gasteiger partial charge in [0, 0.05) is 19.3 Å². The summed E-state index contributed by atoms with van der Waals surface area (Å²) >= 11 is 0. The molecule has 1 atom stereocenters. The molecule has 79 heavy (non-hydrogen) atoms. The smallest absolute Gasteiger partial charge is 0.306 e. The quantitative estimate of drug-likeness (QED) is 0.0261. The van der Waals surface area contributed by atoms with E-state index in [0.717, 1.165) is 96.3 Å². The second-order valence-electron chi connectivity index (χ2n) is 23.4. The Hall–Kier alpha value is -2.89. The average Bonchev–Trinajstić information content (AvgIpc) is 3.45. The molecular weight excluding hydrogens is 973 g/mol. The van der Waals surface area contributed by atoms with Gasteiger partial charge in [-0.25, -0.2) is 0 Å². The fourth-order valence-electron chi connectivity index (χ4n) is 10.3. The number of hydrogen-bond donors (Lipinski definition) is 0. The molecule has 0 aliphatic heterocycles. The zero-order valence-electron chi connectivity index (χ0n) is 52.9. The Morgan fingerprint density at radius 3 is 0.785 bits per heavy atom. The van der Waals surface area contributed by atoms with Gasteiger partial charge in [0.15, 0.2) is 6.10 Å². The summed E-state index contributed by atoms with van der Waals surface area (Å²) in [6, 6.07) is 0. The van der Waals surface area contributed by atoms with Gasteiger partial charge in [-0.15, -0.1) is 0 Å². The Morgan fingerprint density at radius 2 is 0.494 bits per heavy atom. The number of allylic oxidation sites excluding steroid dienone is 10. The minimum Gasteiger partial charge on any atom is -0.462 e. The lowest BCUT2D eigenvalue weighted by atomic mass is 10.0. The second-order valence-corrected chi connectivity index (χ2v) is 23.4. The van der Waals surface area contributed by atoms with Crippen molar-refractivity contribution >= 4 is 17.9 Å². The first-order chi connectivity index (χ1) is 39.0. The molecule has 6 nitrogen and oxygen atoms in total. The van der Waals surface area contributed by atoms with Crippen molar-refractivity contribution in [2.24, 2.45) is 0 Å². The van der Waals surface area contributed by atoms with Gasteiger partial charge in [-0.2, -0.15) is 0 Å². The van der Waals surface area contributed by atoms with Crippen LogP contribution >= 0.6 is 0 Å². The average molecular weight is 1110 g/mol. The maximum absolute atomic E-state index is 12.9. The monoisotopic (exact) mass is 1110 g/mol. The third-order valence-electron chi connectivity index (χ3n) is 15.5. The highest BCUT2D eigenvalue weighted by Crippen LogP contribution is 2.18. The van der Waals surface area contributed by atoms with E-state index >= 15 is 0 Å². The van der Waals surface area contributed by atoms with E-state index in [1.54, 1.807) is 0 Å². The van der Waals surface area contributed by atoms with Gasteiger partial charge in [-0.3, -0.25) is 14.4 Å². The Kier molecular flexibility index (Phi) is 65.1. The summed E-state index contributed by atoms with van der Waals surface area (Å²) in [5.41, 5.74) is 0. The van der Waals surface area contributed by atoms with Crippen molar-refractivity contribution in [3.05, 3.63) is 60.8 Å². The molecule has 0 spiro atoms. The Balaban J connectivity index is 4.34. The lowest BCUT2D eigenvalue weighted by Crippen LogP contribution is -2.30. The van der Waals surface area contributed by atoms with Crippen LogP contribution in [0, 0.1) is 0 Å². The molecule has 0 bridgehead atoms. The maximum Gasteiger partial charge on any atom is 0.306 e. The highest BCUT2D eigenvalue weighted by Gasteiger charge is 2.19. The second kappa shape index (κ2) is 67.6. The van der Waals surface area contributed by atoms with Crippen molar-refractivity contribution in [1.29, 1.82) is 0 Å². The predicted octanol–water partition coefficient (Wildman–Crippen LogP) is 23.9. The molecule has 1 unspecified atom stereocenters. The Bertz CT molecular complexity index is 1410. The number of unbranched alkanes of at least 4 members (excludes halogenated alkanes) is 43. The molecule has 0 heterocycles. The fourth-order valence-corrected chi connectivity index (χ4v) is 10.3. The SMILES string of the molecule is CC/C=C\C/C=C\C/C=C\C/C=C\CCCCCCCCC(=O)OC(COC(=O)CCCCCCCCCCC/C=C\CCCCCCCC)COC(=O)CCCCCCCCCCCCCCCCCCCCCCCCC. The Labute approximate surface area is 491 Å². The van der Waals surface area contributed by atoms with Gasteiger partial charge in [-0.05, 0) is 83.5 Å². The van der Waals surface area contributed by atoms with Gasteiger partial charge in [-0.1, -0.05) is 326 Å². The predicted molar refractivity (Wildman–Crippen MR) is 344 cm³/mol. The third kappa shape index (κ3) is 65.8. The van der Waals surface area contributed by atoms with Crippen LogP contribution < -0.4 is 0 Å². The van der Waals surface area contributed by atoms with Crippen LogP contribution in [0.1, 0.15) is 367 Å². The van der Waals surface area contributed by atoms with Crippen molar-refractivity contribution in [2.75, 3.05) is 13.2 Å². The van der Waals surface area contributed by atoms with Crippen LogP contribution in [0.4, 0.5) is 0 Å². The number of esters is 3. The van der Waals surface area contributed by atoms with Crippen LogP contribution in [0.3, 0.4) is 0 Å². The van der Waals surface area contributed by atoms with Crippen molar-refractivity contribution in [1.82, 2.24) is 0 Å². The van der Waals surface area contributed by atoms with Gasteiger partial charge in [0.05, 0.1) is 0 Å². The molecule has 0 aliphatic carbocycles. The highest BCUT2D eigenvalue weighted by atomic mass is 16.6. The lowest BCUT2D eigenvalue weighted by molar-refractivity contribution is -0.167. The van der Waals surface area contributed by atoms with Crippen molar-refractivity contribution < 1.29 is 28.6 Å². The number of rotatable bonds is 64. The molecule has 0 N–H and O–H groups in total. The first kappa shape index (κ1) is 76.1. The summed E-state index contributed by atoms with van der Waals surface area (Å²) in [6.07, 6.45) is 86.7. The van der Waals surface area contributed by atoms with Crippen molar-refractivity contribution in [2.45, 2.75) is 374 Å². The molecule has 0 aromatic heterocycles. The Morgan fingerprint density at radius 1 is 0.266 bits per heavy atom. The van der Waals surface area contributed by atoms with Gasteiger partial charge < -0.3 is 14.2 Å². The van der Waals surface area contributed by atoms with Crippen LogP contribution in [0.2, 0.25) is 0 Å². The topological polar surface area (TPSA) is 78.9 Å². The molecule has 0 rings (SSSR count). The van der Waals surface area contributed by atoms with Gasteiger partial charge in [0.1, 0.15) is 13.2 Å². The van der Waals surface area contributed by atoms with E-state index in [1.807, 2.05) is 0 Å². The molecule has 0 saturated carbocycles. The van der Waals surface area contributed by atoms with E-state index in [2.05, 4.69) is 81.5 Å². The molecule has 0 radical (unpaired) electrons. The zero-order chi connectivity index (χ0) is 57.1. The number of carbonyl (C=O) groups is 3. The lowest BCUT2D eigenvalue weighted by Gasteiger charge is -2.18. The van der Waals surface area contributed by atoms with Gasteiger partial charge >= 0.3 is 17.9 Å². The van der Waals surface area contributed by atoms with Crippen LogP contribution in [0.15, 0.2) is 60.8 Å². The third-order valence-corrected chi connectivity index (χ3v) is 15.5. The van der Waals surface area contributed by atoms with Crippen LogP contribution in [0.25, 0.3) is 0 Å². The summed E-state index contributed by atoms with van der Waals surface area (Å²) in [4.78, 5) is 38.5. The largest absolute Gasteiger partial charge is 0.462 e. The first-order valence-electron chi connectivity index (χ1n) is 34.8. The molecule has 0 fully saturated rings. The van der Waals surface area contributed by atoms with Crippen LogP contribution in [-0.4, -0.2) is 37.2 Å². The highest BCUT2D eigenvalue weighted by molar-refractivity contribution is 5.71. The van der Waals surface area contributed by atoms with E-state index in [1.165, 1.54) is 231 Å². The van der Waals surface area contributed by atoms with Crippen LogP contribution in [-0.2, 0) is 28.6 Å². The fraction of sp³-hybridized carbons (Fsp3) is 0.822. The normalized spacial score (nSPS) is 12.4. The summed E-state index contributed by atoms with van der Waals surface area (Å²) in [5.74, 6) is -0.869. The number of hydrogen-bond acceptors (Lipinski definition) is 6. The minimum absolute atomic E-state index is 0.0769. The zero-order valence-corrected chi connectivity index (χ0v) is 52.9. The first-order valence-corrected chi connectivity index (χ1v) is 34.8. The van der Waals surface area contributed by atoms with E-state index in [4.69, 9.17) is 14.2 Å². The maximum atomic E-state index is 12.9. The van der Waals surface area contributed by atoms with Crippen molar-refractivity contribution in [3.8, 4) is 0 Å². The minimum atomic E-state index is -0.783. The molecular formula is C73H132O6. The van der Waals surface area contributed by atoms with E-state index in [9.17, 15) is 14.4 Å². The summed E-state index contributed by atoms with van der Waals surface area (Å²) in [7, 11) is 0. The molecule has 460 valence electrons. The molecule has 0 aliphatic rings. The van der Waals surface area contributed by atoms with Gasteiger partial charge in [0.2, 0.25) is 0 Å². The molecule has 0 saturated heterocycles. The summed E-state index contributed by atoms with van der Waals surface area (Å²) in [5, 5.41) is 0. The molecule has 6 heteroatoms. The van der Waals surface area contributed by atoms with E-state index in [0.29, 0.717) is 19.3 Å². The van der Waals surface area contributed by atoms with Gasteiger partial charge in [0.25, 0.3) is 0 Å². The van der Waals surface area contributed by atoms with E-state index in [-0.39, 0.29) is 31.1 Å². The summed E-state index contributed by atoms with van der Waals surface area (Å²) < 4.78 is 17.0. The molecule has 0 amide bonds. The number of carbonyl (C=O) groups excluding carboxylic acids is 3. The van der Waals surface area contributed by atoms with Crippen molar-refractivity contribution in [3.63, 3.8) is 0 Å². The summed E-state index contributed by atoms with van der Waals surface area (Å²) in [6.45, 7) is 6.58. The standard InChI is InChI=1S/C73H132O6/c1-4-7-10-13-16-19-22-25-28-31-34-35-36-37-40-42-45-48-51-54-57-60-63-66-72(75)78-69-70(79-73(76)67-64-61-58-55-52-49-46-43-39-33-30-27-24-21-18-15-12-9-6-3)68-77-71(74)65-62-59-56-53-50-47-44-41-38-32-29-26-23-20-17-14-11-8-5-2/h9,12,18,21,26-27,29-30,39,43,70H,4-8,10-11,13-17,19-20,22-25,28,31-38,40-42,44-69H2,1-3H3/b12-9-,21-18-,29-26-,30-27-,43-39-. The van der Waals surface area contributed by atoms with E-state index < -0.39 is 6.10 Å². The molecule has 0 aromatic carbocycles. The number of ether oxygens (including phenoxy) is 3. The van der Waals surface area contributed by atoms with Crippen LogP contribution in [0.5, 0.6) is 0 Å².